The Kier molecular flexibility index (Phi) is 3.29. The number of rotatable bonds is 2. The first-order chi connectivity index (χ1) is 9.26. The molecule has 2 saturated heterocycles. The summed E-state index contributed by atoms with van der Waals surface area (Å²) < 4.78 is 5.09. The summed E-state index contributed by atoms with van der Waals surface area (Å²) in [4.78, 5) is 14.1. The number of urea groups is 1. The fraction of sp³-hybridized carbons (Fsp3) is 0.500. The lowest BCUT2D eigenvalue weighted by Gasteiger charge is -2.18. The molecule has 2 aliphatic heterocycles. The number of nitrogens with one attached hydrogen (secondary N) is 2. The van der Waals surface area contributed by atoms with Crippen LogP contribution in [-0.2, 0) is 0 Å². The van der Waals surface area contributed by atoms with Crippen LogP contribution in [-0.4, -0.2) is 43.7 Å². The third kappa shape index (κ3) is 2.51. The topological polar surface area (TPSA) is 53.6 Å². The Bertz CT molecular complexity index is 448. The lowest BCUT2D eigenvalue weighted by molar-refractivity contribution is 0.219. The second kappa shape index (κ2) is 5.09. The average Bonchev–Trinajstić information content (AvgIpc) is 3.00. The quantitative estimate of drug-likeness (QED) is 0.848. The number of hydrogen-bond acceptors (Lipinski definition) is 3. The number of carbonyl (C=O) groups is 1. The monoisotopic (exact) mass is 261 g/mol. The third-order valence-electron chi connectivity index (χ3n) is 3.99. The molecule has 1 aromatic carbocycles. The van der Waals surface area contributed by atoms with Gasteiger partial charge < -0.3 is 20.3 Å². The summed E-state index contributed by atoms with van der Waals surface area (Å²) in [5.74, 6) is 1.42. The molecule has 0 spiro atoms. The number of nitrogens with zero attached hydrogens (tertiary/aromatic N) is 1. The summed E-state index contributed by atoms with van der Waals surface area (Å²) in [5, 5.41) is 6.37. The van der Waals surface area contributed by atoms with Crippen LogP contribution in [0.25, 0.3) is 0 Å². The van der Waals surface area contributed by atoms with Crippen molar-refractivity contribution in [3.63, 3.8) is 0 Å². The van der Waals surface area contributed by atoms with E-state index in [4.69, 9.17) is 4.74 Å². The molecule has 0 bridgehead atoms. The van der Waals surface area contributed by atoms with E-state index in [1.54, 1.807) is 7.11 Å². The van der Waals surface area contributed by atoms with Gasteiger partial charge in [0.2, 0.25) is 0 Å². The van der Waals surface area contributed by atoms with Crippen LogP contribution < -0.4 is 15.4 Å². The van der Waals surface area contributed by atoms with E-state index < -0.39 is 0 Å². The molecule has 0 saturated carbocycles. The maximum atomic E-state index is 12.2. The predicted molar refractivity (Wildman–Crippen MR) is 73.5 cm³/mol. The summed E-state index contributed by atoms with van der Waals surface area (Å²) in [7, 11) is 1.63. The highest BCUT2D eigenvalue weighted by Crippen LogP contribution is 2.25. The van der Waals surface area contributed by atoms with Crippen molar-refractivity contribution in [2.24, 2.45) is 5.92 Å². The van der Waals surface area contributed by atoms with Gasteiger partial charge in [-0.2, -0.15) is 0 Å². The highest BCUT2D eigenvalue weighted by molar-refractivity contribution is 5.89. The number of ether oxygens (including phenoxy) is 1. The van der Waals surface area contributed by atoms with Crippen molar-refractivity contribution in [3.05, 3.63) is 24.3 Å². The highest BCUT2D eigenvalue weighted by atomic mass is 16.5. The van der Waals surface area contributed by atoms with Crippen molar-refractivity contribution in [1.29, 1.82) is 0 Å². The normalized spacial score (nSPS) is 25.2. The molecule has 0 aromatic heterocycles. The van der Waals surface area contributed by atoms with E-state index in [1.807, 2.05) is 29.2 Å². The van der Waals surface area contributed by atoms with E-state index in [9.17, 15) is 4.79 Å². The molecular weight excluding hydrogens is 242 g/mol. The van der Waals surface area contributed by atoms with Crippen LogP contribution in [0.2, 0.25) is 0 Å². The molecule has 2 aliphatic rings. The number of amides is 2. The van der Waals surface area contributed by atoms with Gasteiger partial charge in [0.1, 0.15) is 5.75 Å². The minimum Gasteiger partial charge on any atom is -0.497 e. The largest absolute Gasteiger partial charge is 0.497 e. The van der Waals surface area contributed by atoms with Crippen LogP contribution in [0.5, 0.6) is 5.75 Å². The Morgan fingerprint density at radius 1 is 1.37 bits per heavy atom. The molecular formula is C14H19N3O2. The minimum absolute atomic E-state index is 0.0126. The zero-order valence-corrected chi connectivity index (χ0v) is 11.1. The first-order valence-electron chi connectivity index (χ1n) is 6.69. The zero-order valence-electron chi connectivity index (χ0n) is 11.1. The van der Waals surface area contributed by atoms with E-state index in [2.05, 4.69) is 10.6 Å². The van der Waals surface area contributed by atoms with Crippen molar-refractivity contribution >= 4 is 11.7 Å². The number of anilines is 1. The van der Waals surface area contributed by atoms with Gasteiger partial charge in [-0.15, -0.1) is 0 Å². The Balaban J connectivity index is 1.59. The highest BCUT2D eigenvalue weighted by Gasteiger charge is 2.37. The lowest BCUT2D eigenvalue weighted by Crippen LogP contribution is -2.36. The lowest BCUT2D eigenvalue weighted by atomic mass is 10.1. The average molecular weight is 261 g/mol. The van der Waals surface area contributed by atoms with Crippen molar-refractivity contribution in [1.82, 2.24) is 10.2 Å². The van der Waals surface area contributed by atoms with Gasteiger partial charge in [0, 0.05) is 24.8 Å². The molecule has 5 nitrogen and oxygen atoms in total. The van der Waals surface area contributed by atoms with Gasteiger partial charge in [0.05, 0.1) is 7.11 Å². The number of benzene rings is 1. The summed E-state index contributed by atoms with van der Waals surface area (Å²) in [6.45, 7) is 2.76. The van der Waals surface area contributed by atoms with Crippen LogP contribution in [0, 0.1) is 5.92 Å². The molecule has 0 aliphatic carbocycles. The molecule has 0 unspecified atom stereocenters. The Hall–Kier alpha value is -1.75. The van der Waals surface area contributed by atoms with Crippen LogP contribution in [0.1, 0.15) is 6.42 Å². The number of methoxy groups -OCH3 is 1. The molecule has 2 atom stereocenters. The molecule has 5 heteroatoms. The SMILES string of the molecule is COc1ccc(NC(=O)N2C[C@@H]3CCN[C@@H]3C2)cc1. The maximum absolute atomic E-state index is 12.2. The standard InChI is InChI=1S/C14H19N3O2/c1-19-12-4-2-11(3-5-12)16-14(18)17-8-10-6-7-15-13(10)9-17/h2-5,10,13,15H,6-9H2,1H3,(H,16,18)/t10-,13+/m0/s1. The molecule has 0 radical (unpaired) electrons. The molecule has 19 heavy (non-hydrogen) atoms. The smallest absolute Gasteiger partial charge is 0.321 e. The van der Waals surface area contributed by atoms with Crippen LogP contribution in [0.3, 0.4) is 0 Å². The van der Waals surface area contributed by atoms with E-state index in [1.165, 1.54) is 6.42 Å². The molecule has 3 rings (SSSR count). The molecule has 1 aromatic rings. The van der Waals surface area contributed by atoms with Gasteiger partial charge >= 0.3 is 6.03 Å². The van der Waals surface area contributed by atoms with Gasteiger partial charge in [-0.1, -0.05) is 0 Å². The fourth-order valence-corrected chi connectivity index (χ4v) is 2.89. The maximum Gasteiger partial charge on any atom is 0.321 e. The molecule has 102 valence electrons. The van der Waals surface area contributed by atoms with E-state index in [0.29, 0.717) is 12.0 Å². The van der Waals surface area contributed by atoms with Gasteiger partial charge in [0.25, 0.3) is 0 Å². The van der Waals surface area contributed by atoms with E-state index >= 15 is 0 Å². The first kappa shape index (κ1) is 12.3. The second-order valence-electron chi connectivity index (χ2n) is 5.17. The number of carbonyl (C=O) groups excluding carboxylic acids is 1. The summed E-state index contributed by atoms with van der Waals surface area (Å²) in [5.41, 5.74) is 0.802. The van der Waals surface area contributed by atoms with E-state index in [-0.39, 0.29) is 6.03 Å². The summed E-state index contributed by atoms with van der Waals surface area (Å²) in [6, 6.07) is 7.87. The van der Waals surface area contributed by atoms with E-state index in [0.717, 1.165) is 31.1 Å². The van der Waals surface area contributed by atoms with Crippen LogP contribution >= 0.6 is 0 Å². The third-order valence-corrected chi connectivity index (χ3v) is 3.99. The molecule has 2 fully saturated rings. The van der Waals surface area contributed by atoms with Crippen LogP contribution in [0.15, 0.2) is 24.3 Å². The first-order valence-corrected chi connectivity index (χ1v) is 6.69. The Labute approximate surface area is 112 Å². The summed E-state index contributed by atoms with van der Waals surface area (Å²) >= 11 is 0. The van der Waals surface area contributed by atoms with Crippen molar-refractivity contribution in [2.75, 3.05) is 32.1 Å². The van der Waals surface area contributed by atoms with Crippen molar-refractivity contribution in [3.8, 4) is 5.75 Å². The number of hydrogen-bond donors (Lipinski definition) is 2. The van der Waals surface area contributed by atoms with Crippen LogP contribution in [0.4, 0.5) is 10.5 Å². The summed E-state index contributed by atoms with van der Waals surface area (Å²) in [6.07, 6.45) is 1.18. The van der Waals surface area contributed by atoms with Crippen molar-refractivity contribution < 1.29 is 9.53 Å². The molecule has 2 N–H and O–H groups in total. The Morgan fingerprint density at radius 3 is 2.84 bits per heavy atom. The number of likely N-dealkylation sites (tertiary alicyclic amines) is 1. The minimum atomic E-state index is -0.0126. The van der Waals surface area contributed by atoms with Gasteiger partial charge in [-0.05, 0) is 43.1 Å². The molecule has 2 heterocycles. The number of fused-ring (bicyclic) bond motifs is 1. The predicted octanol–water partition coefficient (Wildman–Crippen LogP) is 1.52. The Morgan fingerprint density at radius 2 is 2.16 bits per heavy atom. The second-order valence-corrected chi connectivity index (χ2v) is 5.17. The fourth-order valence-electron chi connectivity index (χ4n) is 2.89. The van der Waals surface area contributed by atoms with Gasteiger partial charge in [-0.3, -0.25) is 0 Å². The van der Waals surface area contributed by atoms with Crippen molar-refractivity contribution in [2.45, 2.75) is 12.5 Å². The zero-order chi connectivity index (χ0) is 13.2. The molecule has 2 amide bonds. The van der Waals surface area contributed by atoms with Gasteiger partial charge in [-0.25, -0.2) is 4.79 Å². The van der Waals surface area contributed by atoms with Gasteiger partial charge in [0.15, 0.2) is 0 Å².